The zero-order chi connectivity index (χ0) is 25.9. The van der Waals surface area contributed by atoms with Crippen LogP contribution in [-0.2, 0) is 19.6 Å². The molecule has 0 aromatic carbocycles. The molecule has 1 amide bonds. The number of carbonyl (C=O) groups is 2. The summed E-state index contributed by atoms with van der Waals surface area (Å²) in [6.07, 6.45) is 7.40. The van der Waals surface area contributed by atoms with Gasteiger partial charge in [0.2, 0.25) is 15.9 Å². The molecule has 0 radical (unpaired) electrons. The number of nitrogens with one attached hydrogen (secondary N) is 1. The van der Waals surface area contributed by atoms with E-state index in [9.17, 15) is 23.1 Å². The van der Waals surface area contributed by atoms with Gasteiger partial charge in [-0.15, -0.1) is 0 Å². The van der Waals surface area contributed by atoms with Crippen molar-refractivity contribution in [3.8, 4) is 0 Å². The quantitative estimate of drug-likeness (QED) is 0.535. The molecule has 2 aliphatic rings. The smallest absolute Gasteiger partial charge is 0.321 e. The number of nitrogens with zero attached hydrogens (tertiary/aromatic N) is 4. The number of aromatic nitrogens is 2. The molecule has 1 atom stereocenters. The van der Waals surface area contributed by atoms with E-state index >= 15 is 0 Å². The standard InChI is InChI=1S/C24H33N5O6S/c1-17-22(18(2)35-26-17)36(33,34)27-20(23(31)32)3-4-21(30)29-15-9-24(10-16-29)7-13-28(14-8-24)19-5-11-25-12-6-19/h5-6,11-12,20,27H,3-4,7-10,13-16H2,1-2H3,(H,31,32). The van der Waals surface area contributed by atoms with E-state index < -0.39 is 22.0 Å². The number of aryl methyl sites for hydroxylation is 2. The summed E-state index contributed by atoms with van der Waals surface area (Å²) in [5.41, 5.74) is 1.56. The van der Waals surface area contributed by atoms with Gasteiger partial charge in [-0.05, 0) is 63.5 Å². The number of hydrogen-bond acceptors (Lipinski definition) is 8. The zero-order valence-electron chi connectivity index (χ0n) is 20.6. The Labute approximate surface area is 210 Å². The second-order valence-electron chi connectivity index (χ2n) is 9.78. The first-order valence-electron chi connectivity index (χ1n) is 12.2. The predicted octanol–water partition coefficient (Wildman–Crippen LogP) is 2.11. The Bertz CT molecular complexity index is 1160. The second kappa shape index (κ2) is 10.6. The van der Waals surface area contributed by atoms with Gasteiger partial charge >= 0.3 is 5.97 Å². The molecule has 2 saturated heterocycles. The summed E-state index contributed by atoms with van der Waals surface area (Å²) in [5, 5.41) is 13.2. The van der Waals surface area contributed by atoms with E-state index in [1.807, 2.05) is 12.1 Å². The van der Waals surface area contributed by atoms with Crippen LogP contribution in [0.1, 0.15) is 50.0 Å². The summed E-state index contributed by atoms with van der Waals surface area (Å²) in [6.45, 7) is 6.14. The lowest BCUT2D eigenvalue weighted by Crippen LogP contribution is -2.48. The molecule has 36 heavy (non-hydrogen) atoms. The van der Waals surface area contributed by atoms with E-state index in [0.29, 0.717) is 13.1 Å². The third-order valence-electron chi connectivity index (χ3n) is 7.51. The summed E-state index contributed by atoms with van der Waals surface area (Å²) in [5.74, 6) is -1.41. The number of aliphatic carboxylic acids is 1. The van der Waals surface area contributed by atoms with Crippen LogP contribution in [0.4, 0.5) is 5.69 Å². The first kappa shape index (κ1) is 26.1. The number of piperidine rings is 2. The van der Waals surface area contributed by atoms with Gasteiger partial charge in [-0.2, -0.15) is 4.72 Å². The number of pyridine rings is 1. The van der Waals surface area contributed by atoms with Crippen LogP contribution in [0.2, 0.25) is 0 Å². The van der Waals surface area contributed by atoms with E-state index in [4.69, 9.17) is 4.52 Å². The summed E-state index contributed by atoms with van der Waals surface area (Å²) >= 11 is 0. The number of hydrogen-bond donors (Lipinski definition) is 2. The maximum absolute atomic E-state index is 12.9. The zero-order valence-corrected chi connectivity index (χ0v) is 21.5. The molecule has 196 valence electrons. The monoisotopic (exact) mass is 519 g/mol. The number of carboxylic acid groups (broad SMARTS) is 1. The third kappa shape index (κ3) is 5.70. The molecule has 2 fully saturated rings. The van der Waals surface area contributed by atoms with Crippen molar-refractivity contribution < 1.29 is 27.6 Å². The molecular formula is C24H33N5O6S. The van der Waals surface area contributed by atoms with Crippen molar-refractivity contribution in [3.63, 3.8) is 0 Å². The van der Waals surface area contributed by atoms with E-state index in [2.05, 4.69) is 19.8 Å². The lowest BCUT2D eigenvalue weighted by atomic mass is 9.71. The highest BCUT2D eigenvalue weighted by Gasteiger charge is 2.39. The van der Waals surface area contributed by atoms with Crippen molar-refractivity contribution in [2.45, 2.75) is 63.3 Å². The van der Waals surface area contributed by atoms with Gasteiger partial charge in [-0.1, -0.05) is 5.16 Å². The maximum atomic E-state index is 12.9. The number of sulfonamides is 1. The highest BCUT2D eigenvalue weighted by Crippen LogP contribution is 2.42. The van der Waals surface area contributed by atoms with Crippen molar-refractivity contribution in [1.82, 2.24) is 19.8 Å². The van der Waals surface area contributed by atoms with Gasteiger partial charge in [-0.3, -0.25) is 14.6 Å². The number of anilines is 1. The average Bonchev–Trinajstić information content (AvgIpc) is 3.21. The Kier molecular flexibility index (Phi) is 7.65. The fourth-order valence-corrected chi connectivity index (χ4v) is 6.84. The van der Waals surface area contributed by atoms with Crippen molar-refractivity contribution in [2.24, 2.45) is 5.41 Å². The van der Waals surface area contributed by atoms with Crippen molar-refractivity contribution >= 4 is 27.6 Å². The minimum Gasteiger partial charge on any atom is -0.480 e. The lowest BCUT2D eigenvalue weighted by Gasteiger charge is -2.47. The van der Waals surface area contributed by atoms with Crippen LogP contribution in [0.15, 0.2) is 33.9 Å². The predicted molar refractivity (Wildman–Crippen MR) is 131 cm³/mol. The highest BCUT2D eigenvalue weighted by atomic mass is 32.2. The van der Waals surface area contributed by atoms with Gasteiger partial charge in [0.05, 0.1) is 0 Å². The van der Waals surface area contributed by atoms with Gasteiger partial charge in [0.15, 0.2) is 5.76 Å². The van der Waals surface area contributed by atoms with Gasteiger partial charge < -0.3 is 19.4 Å². The van der Waals surface area contributed by atoms with Crippen LogP contribution in [0.3, 0.4) is 0 Å². The molecule has 1 spiro atoms. The number of carbonyl (C=O) groups excluding carboxylic acids is 1. The average molecular weight is 520 g/mol. The Morgan fingerprint density at radius 3 is 2.28 bits per heavy atom. The number of likely N-dealkylation sites (tertiary alicyclic amines) is 1. The van der Waals surface area contributed by atoms with E-state index in [1.54, 1.807) is 17.3 Å². The molecular weight excluding hydrogens is 486 g/mol. The summed E-state index contributed by atoms with van der Waals surface area (Å²) in [7, 11) is -4.16. The fourth-order valence-electron chi connectivity index (χ4n) is 5.29. The Balaban J connectivity index is 1.27. The number of rotatable bonds is 8. The van der Waals surface area contributed by atoms with E-state index in [1.165, 1.54) is 19.5 Å². The van der Waals surface area contributed by atoms with Gasteiger partial charge in [-0.25, -0.2) is 8.42 Å². The van der Waals surface area contributed by atoms with Gasteiger partial charge in [0.25, 0.3) is 0 Å². The summed E-state index contributed by atoms with van der Waals surface area (Å²) in [6, 6.07) is 2.62. The van der Waals surface area contributed by atoms with Crippen LogP contribution in [0.5, 0.6) is 0 Å². The summed E-state index contributed by atoms with van der Waals surface area (Å²) in [4.78, 5) is 32.7. The molecule has 0 bridgehead atoms. The minimum atomic E-state index is -4.16. The third-order valence-corrected chi connectivity index (χ3v) is 9.22. The first-order valence-corrected chi connectivity index (χ1v) is 13.7. The van der Waals surface area contributed by atoms with Crippen molar-refractivity contribution in [1.29, 1.82) is 0 Å². The molecule has 4 rings (SSSR count). The van der Waals surface area contributed by atoms with Crippen LogP contribution < -0.4 is 9.62 Å². The molecule has 2 aromatic rings. The van der Waals surface area contributed by atoms with Crippen LogP contribution in [0.25, 0.3) is 0 Å². The SMILES string of the molecule is Cc1noc(C)c1S(=O)(=O)NC(CCC(=O)N1CCC2(CC1)CCN(c1ccncc1)CC2)C(=O)O. The molecule has 4 heterocycles. The van der Waals surface area contributed by atoms with Gasteiger partial charge in [0.1, 0.15) is 16.6 Å². The van der Waals surface area contributed by atoms with Crippen LogP contribution in [-0.4, -0.2) is 72.7 Å². The Morgan fingerprint density at radius 2 is 1.72 bits per heavy atom. The van der Waals surface area contributed by atoms with Crippen molar-refractivity contribution in [3.05, 3.63) is 36.0 Å². The van der Waals surface area contributed by atoms with E-state index in [-0.39, 0.29) is 40.5 Å². The largest absolute Gasteiger partial charge is 0.480 e. The van der Waals surface area contributed by atoms with Crippen LogP contribution in [0, 0.1) is 19.3 Å². The number of amides is 1. The molecule has 1 unspecified atom stereocenters. The normalized spacial score (nSPS) is 18.8. The highest BCUT2D eigenvalue weighted by molar-refractivity contribution is 7.89. The first-order chi connectivity index (χ1) is 17.1. The molecule has 0 saturated carbocycles. The molecule has 2 N–H and O–H groups in total. The lowest BCUT2D eigenvalue weighted by molar-refractivity contribution is -0.139. The van der Waals surface area contributed by atoms with Crippen molar-refractivity contribution in [2.75, 3.05) is 31.1 Å². The molecule has 12 heteroatoms. The Morgan fingerprint density at radius 1 is 1.11 bits per heavy atom. The number of carboxylic acids is 1. The molecule has 11 nitrogen and oxygen atoms in total. The molecule has 2 aromatic heterocycles. The maximum Gasteiger partial charge on any atom is 0.321 e. The Hall–Kier alpha value is -2.99. The van der Waals surface area contributed by atoms with Crippen LogP contribution >= 0.6 is 0 Å². The molecule has 2 aliphatic heterocycles. The summed E-state index contributed by atoms with van der Waals surface area (Å²) < 4.78 is 32.5. The minimum absolute atomic E-state index is 0.0517. The second-order valence-corrected chi connectivity index (χ2v) is 11.4. The van der Waals surface area contributed by atoms with Gasteiger partial charge in [0, 0.05) is 50.7 Å². The topological polar surface area (TPSA) is 146 Å². The molecule has 0 aliphatic carbocycles. The van der Waals surface area contributed by atoms with E-state index in [0.717, 1.165) is 38.8 Å². The fraction of sp³-hybridized carbons (Fsp3) is 0.583.